The van der Waals surface area contributed by atoms with Crippen LogP contribution in [0.1, 0.15) is 43.7 Å². The number of fused-ring (bicyclic) bond motifs is 1. The Morgan fingerprint density at radius 3 is 2.53 bits per heavy atom. The van der Waals surface area contributed by atoms with E-state index >= 15 is 0 Å². The zero-order valence-corrected chi connectivity index (χ0v) is 12.7. The summed E-state index contributed by atoms with van der Waals surface area (Å²) < 4.78 is 2.29. The molecule has 1 aliphatic rings. The molecule has 1 fully saturated rings. The molecule has 19 heavy (non-hydrogen) atoms. The number of para-hydroxylation sites is 1. The first kappa shape index (κ1) is 14.1. The van der Waals surface area contributed by atoms with Crippen molar-refractivity contribution in [3.05, 3.63) is 35.5 Å². The summed E-state index contributed by atoms with van der Waals surface area (Å²) in [6, 6.07) is 6.78. The van der Waals surface area contributed by atoms with Crippen molar-refractivity contribution in [1.82, 2.24) is 9.88 Å². The Morgan fingerprint density at radius 2 is 1.84 bits per heavy atom. The first-order valence-electron chi connectivity index (χ1n) is 7.52. The Bertz CT molecular complexity index is 533. The van der Waals surface area contributed by atoms with Crippen molar-refractivity contribution in [3.63, 3.8) is 0 Å². The molecule has 0 atom stereocenters. The molecule has 3 rings (SSSR count). The third-order valence-corrected chi connectivity index (χ3v) is 4.01. The van der Waals surface area contributed by atoms with Crippen LogP contribution in [0.15, 0.2) is 24.4 Å². The summed E-state index contributed by atoms with van der Waals surface area (Å²) in [6.45, 7) is 8.52. The normalized spacial score (nSPS) is 16.2. The van der Waals surface area contributed by atoms with Gasteiger partial charge in [0.25, 0.3) is 0 Å². The summed E-state index contributed by atoms with van der Waals surface area (Å²) in [5, 5.41) is 4.87. The van der Waals surface area contributed by atoms with Crippen molar-refractivity contribution >= 4 is 10.9 Å². The molecule has 1 aliphatic heterocycles. The van der Waals surface area contributed by atoms with Gasteiger partial charge in [0.1, 0.15) is 0 Å². The van der Waals surface area contributed by atoms with Crippen LogP contribution >= 0.6 is 0 Å². The highest BCUT2D eigenvalue weighted by Gasteiger charge is 2.19. The van der Waals surface area contributed by atoms with E-state index in [2.05, 4.69) is 48.3 Å². The molecule has 1 N–H and O–H groups in total. The Hall–Kier alpha value is -1.28. The van der Waals surface area contributed by atoms with Crippen LogP contribution in [-0.2, 0) is 7.05 Å². The molecule has 2 heterocycles. The predicted octanol–water partition coefficient (Wildman–Crippen LogP) is 3.98. The second kappa shape index (κ2) is 6.25. The summed E-state index contributed by atoms with van der Waals surface area (Å²) in [7, 11) is 2.17. The van der Waals surface area contributed by atoms with Gasteiger partial charge < -0.3 is 9.88 Å². The van der Waals surface area contributed by atoms with Crippen molar-refractivity contribution in [2.45, 2.75) is 39.5 Å². The second-order valence-corrected chi connectivity index (χ2v) is 5.19. The van der Waals surface area contributed by atoms with Crippen molar-refractivity contribution < 1.29 is 0 Å². The minimum Gasteiger partial charge on any atom is -0.350 e. The van der Waals surface area contributed by atoms with E-state index in [0.29, 0.717) is 0 Å². The van der Waals surface area contributed by atoms with Gasteiger partial charge in [-0.15, -0.1) is 0 Å². The maximum Gasteiger partial charge on any atom is 0.0515 e. The number of nitrogens with one attached hydrogen (secondary N) is 1. The van der Waals surface area contributed by atoms with Gasteiger partial charge >= 0.3 is 0 Å². The average Bonchev–Trinajstić information content (AvgIpc) is 2.77. The number of nitrogens with zero attached hydrogens (tertiary/aromatic N) is 1. The first-order chi connectivity index (χ1) is 9.27. The van der Waals surface area contributed by atoms with Crippen LogP contribution in [-0.4, -0.2) is 17.7 Å². The van der Waals surface area contributed by atoms with E-state index in [9.17, 15) is 0 Å². The molecule has 0 spiro atoms. The molecule has 0 saturated carbocycles. The van der Waals surface area contributed by atoms with Crippen LogP contribution in [0, 0.1) is 6.92 Å². The largest absolute Gasteiger partial charge is 0.350 e. The molecule has 1 aromatic carbocycles. The van der Waals surface area contributed by atoms with E-state index in [1.54, 1.807) is 5.56 Å². The molecule has 0 aliphatic carbocycles. The van der Waals surface area contributed by atoms with E-state index in [0.717, 1.165) is 19.0 Å². The number of aryl methyl sites for hydroxylation is 2. The lowest BCUT2D eigenvalue weighted by molar-refractivity contribution is 0.461. The number of rotatable bonds is 1. The Kier molecular flexibility index (Phi) is 4.65. The molecular weight excluding hydrogens is 232 g/mol. The van der Waals surface area contributed by atoms with Gasteiger partial charge in [-0.05, 0) is 49.9 Å². The van der Waals surface area contributed by atoms with Crippen LogP contribution in [0.4, 0.5) is 0 Å². The fourth-order valence-electron chi connectivity index (χ4n) is 3.16. The molecule has 2 heteroatoms. The number of aromatic nitrogens is 1. The lowest BCUT2D eigenvalue weighted by Crippen LogP contribution is -2.26. The summed E-state index contributed by atoms with van der Waals surface area (Å²) in [6.07, 6.45) is 4.78. The first-order valence-corrected chi connectivity index (χ1v) is 7.52. The fourth-order valence-corrected chi connectivity index (χ4v) is 3.16. The number of piperidine rings is 1. The molecule has 2 nitrogen and oxygen atoms in total. The maximum atomic E-state index is 3.45. The molecule has 104 valence electrons. The van der Waals surface area contributed by atoms with Gasteiger partial charge in [-0.25, -0.2) is 0 Å². The Balaban J connectivity index is 0.000000637. The highest BCUT2D eigenvalue weighted by atomic mass is 14.9. The molecule has 1 aromatic heterocycles. The molecule has 0 unspecified atom stereocenters. The third kappa shape index (κ3) is 2.69. The van der Waals surface area contributed by atoms with Crippen LogP contribution in [0.5, 0.6) is 0 Å². The van der Waals surface area contributed by atoms with Gasteiger partial charge in [0.2, 0.25) is 0 Å². The molecule has 0 radical (unpaired) electrons. The van der Waals surface area contributed by atoms with Crippen LogP contribution in [0.3, 0.4) is 0 Å². The zero-order valence-electron chi connectivity index (χ0n) is 12.7. The minimum atomic E-state index is 0.730. The van der Waals surface area contributed by atoms with Crippen LogP contribution in [0.25, 0.3) is 10.9 Å². The van der Waals surface area contributed by atoms with Gasteiger partial charge in [0.05, 0.1) is 5.52 Å². The van der Waals surface area contributed by atoms with Gasteiger partial charge in [0, 0.05) is 18.6 Å². The second-order valence-electron chi connectivity index (χ2n) is 5.19. The minimum absolute atomic E-state index is 0.730. The molecule has 0 bridgehead atoms. The van der Waals surface area contributed by atoms with E-state index in [4.69, 9.17) is 0 Å². The third-order valence-electron chi connectivity index (χ3n) is 4.01. The average molecular weight is 258 g/mol. The highest BCUT2D eigenvalue weighted by Crippen LogP contribution is 2.32. The monoisotopic (exact) mass is 258 g/mol. The summed E-state index contributed by atoms with van der Waals surface area (Å²) in [5.41, 5.74) is 4.37. The van der Waals surface area contributed by atoms with Gasteiger partial charge in [-0.1, -0.05) is 32.0 Å². The maximum absolute atomic E-state index is 3.45. The van der Waals surface area contributed by atoms with Crippen molar-refractivity contribution in [2.75, 3.05) is 13.1 Å². The van der Waals surface area contributed by atoms with E-state index in [1.807, 2.05) is 13.8 Å². The highest BCUT2D eigenvalue weighted by molar-refractivity contribution is 5.87. The number of benzene rings is 1. The lowest BCUT2D eigenvalue weighted by atomic mass is 9.89. The van der Waals surface area contributed by atoms with Gasteiger partial charge in [0.15, 0.2) is 0 Å². The molecular formula is C17H26N2. The van der Waals surface area contributed by atoms with Crippen molar-refractivity contribution in [2.24, 2.45) is 7.05 Å². The smallest absolute Gasteiger partial charge is 0.0515 e. The fraction of sp³-hybridized carbons (Fsp3) is 0.529. The number of hydrogen-bond donors (Lipinski definition) is 1. The Labute approximate surface area is 116 Å². The van der Waals surface area contributed by atoms with Crippen molar-refractivity contribution in [1.29, 1.82) is 0 Å². The van der Waals surface area contributed by atoms with Crippen molar-refractivity contribution in [3.8, 4) is 0 Å². The molecule has 1 saturated heterocycles. The van der Waals surface area contributed by atoms with E-state index in [1.165, 1.54) is 29.3 Å². The zero-order chi connectivity index (χ0) is 13.8. The summed E-state index contributed by atoms with van der Waals surface area (Å²) in [4.78, 5) is 0. The quantitative estimate of drug-likeness (QED) is 0.818. The molecule has 0 amide bonds. The van der Waals surface area contributed by atoms with Gasteiger partial charge in [-0.3, -0.25) is 0 Å². The van der Waals surface area contributed by atoms with E-state index < -0.39 is 0 Å². The SMILES string of the molecule is CC.Cc1cn(C)c2c(C3CCNCC3)cccc12. The molecule has 2 aromatic rings. The van der Waals surface area contributed by atoms with Crippen LogP contribution in [0.2, 0.25) is 0 Å². The Morgan fingerprint density at radius 1 is 1.16 bits per heavy atom. The van der Waals surface area contributed by atoms with Gasteiger partial charge in [-0.2, -0.15) is 0 Å². The lowest BCUT2D eigenvalue weighted by Gasteiger charge is -2.24. The standard InChI is InChI=1S/C15H20N2.C2H6/c1-11-10-17(2)15-13(11)4-3-5-14(15)12-6-8-16-9-7-12;1-2/h3-5,10,12,16H,6-9H2,1-2H3;1-2H3. The van der Waals surface area contributed by atoms with Crippen LogP contribution < -0.4 is 5.32 Å². The summed E-state index contributed by atoms with van der Waals surface area (Å²) in [5.74, 6) is 0.730. The number of hydrogen-bond acceptors (Lipinski definition) is 1. The topological polar surface area (TPSA) is 17.0 Å². The van der Waals surface area contributed by atoms with E-state index in [-0.39, 0.29) is 0 Å². The summed E-state index contributed by atoms with van der Waals surface area (Å²) >= 11 is 0. The predicted molar refractivity (Wildman–Crippen MR) is 83.8 cm³/mol.